The minimum absolute atomic E-state index is 0.0984. The quantitative estimate of drug-likeness (QED) is 0.782. The van der Waals surface area contributed by atoms with Gasteiger partial charge in [-0.2, -0.15) is 0 Å². The molecular weight excluding hydrogens is 237 g/mol. The van der Waals surface area contributed by atoms with Crippen molar-refractivity contribution in [1.29, 1.82) is 0 Å². The number of hydrogen-bond donors (Lipinski definition) is 0. The van der Waals surface area contributed by atoms with Gasteiger partial charge >= 0.3 is 0 Å². The average Bonchev–Trinajstić information content (AvgIpc) is 2.67. The second kappa shape index (κ2) is 5.00. The Morgan fingerprint density at radius 2 is 2.22 bits per heavy atom. The van der Waals surface area contributed by atoms with Gasteiger partial charge in [0.15, 0.2) is 12.9 Å². The van der Waals surface area contributed by atoms with E-state index in [-0.39, 0.29) is 12.2 Å². The highest BCUT2D eigenvalue weighted by Gasteiger charge is 2.09. The first-order valence-electron chi connectivity index (χ1n) is 5.40. The number of hydrogen-bond acceptors (Lipinski definition) is 4. The van der Waals surface area contributed by atoms with Gasteiger partial charge in [0.25, 0.3) is 0 Å². The van der Waals surface area contributed by atoms with Crippen molar-refractivity contribution in [3.8, 4) is 5.75 Å². The molecule has 0 amide bonds. The molecule has 0 unspecified atom stereocenters. The predicted molar refractivity (Wildman–Crippen MR) is 62.1 cm³/mol. The van der Waals surface area contributed by atoms with Crippen molar-refractivity contribution in [2.75, 3.05) is 0 Å². The number of nitrogens with zero attached hydrogens (tertiary/aromatic N) is 1. The Morgan fingerprint density at radius 3 is 2.83 bits per heavy atom. The largest absolute Gasteiger partial charge is 0.483 e. The highest BCUT2D eigenvalue weighted by Crippen LogP contribution is 2.19. The molecular formula is C13H12FNO3. The summed E-state index contributed by atoms with van der Waals surface area (Å²) in [6, 6.07) is 3.75. The second-order valence-electron chi connectivity index (χ2n) is 3.84. The molecule has 2 aromatic rings. The van der Waals surface area contributed by atoms with E-state index >= 15 is 0 Å². The van der Waals surface area contributed by atoms with E-state index in [4.69, 9.17) is 9.15 Å². The number of oxazole rings is 1. The molecule has 0 radical (unpaired) electrons. The lowest BCUT2D eigenvalue weighted by molar-refractivity contribution is 0.111. The summed E-state index contributed by atoms with van der Waals surface area (Å²) in [5.41, 5.74) is 0.957. The fraction of sp³-hybridized carbons (Fsp3) is 0.231. The topological polar surface area (TPSA) is 52.3 Å². The Kier molecular flexibility index (Phi) is 3.41. The Balaban J connectivity index is 2.12. The molecule has 0 fully saturated rings. The first-order valence-corrected chi connectivity index (χ1v) is 5.40. The average molecular weight is 249 g/mol. The molecule has 1 heterocycles. The van der Waals surface area contributed by atoms with E-state index in [9.17, 15) is 9.18 Å². The highest BCUT2D eigenvalue weighted by atomic mass is 19.1. The van der Waals surface area contributed by atoms with Crippen molar-refractivity contribution < 1.29 is 18.3 Å². The number of carbonyl (C=O) groups is 1. The van der Waals surface area contributed by atoms with Crippen LogP contribution in [0.2, 0.25) is 0 Å². The Hall–Kier alpha value is -2.17. The number of aryl methyl sites for hydroxylation is 2. The Bertz CT molecular complexity index is 558. The molecule has 2 rings (SSSR count). The SMILES string of the molecule is Cc1nc(COc2ccc(F)cc2C=O)oc1C. The number of ether oxygens (including phenoxy) is 1. The number of rotatable bonds is 4. The van der Waals surface area contributed by atoms with Crippen LogP contribution in [0, 0.1) is 19.7 Å². The van der Waals surface area contributed by atoms with Crippen molar-refractivity contribution >= 4 is 6.29 Å². The van der Waals surface area contributed by atoms with Gasteiger partial charge < -0.3 is 9.15 Å². The predicted octanol–water partition coefficient (Wildman–Crippen LogP) is 2.82. The van der Waals surface area contributed by atoms with Crippen LogP contribution in [0.15, 0.2) is 22.6 Å². The van der Waals surface area contributed by atoms with Crippen LogP contribution in [0.3, 0.4) is 0 Å². The van der Waals surface area contributed by atoms with Gasteiger partial charge in [-0.05, 0) is 32.0 Å². The van der Waals surface area contributed by atoms with Gasteiger partial charge in [-0.1, -0.05) is 0 Å². The smallest absolute Gasteiger partial charge is 0.232 e. The molecule has 0 spiro atoms. The third-order valence-corrected chi connectivity index (χ3v) is 2.52. The second-order valence-corrected chi connectivity index (χ2v) is 3.84. The lowest BCUT2D eigenvalue weighted by Crippen LogP contribution is -1.99. The minimum Gasteiger partial charge on any atom is -0.483 e. The molecule has 1 aromatic heterocycles. The molecule has 18 heavy (non-hydrogen) atoms. The van der Waals surface area contributed by atoms with Crippen LogP contribution in [-0.4, -0.2) is 11.3 Å². The summed E-state index contributed by atoms with van der Waals surface area (Å²) in [6.07, 6.45) is 0.546. The zero-order chi connectivity index (χ0) is 13.1. The van der Waals surface area contributed by atoms with E-state index in [0.29, 0.717) is 17.9 Å². The van der Waals surface area contributed by atoms with E-state index in [2.05, 4.69) is 4.98 Å². The first-order chi connectivity index (χ1) is 8.60. The highest BCUT2D eigenvalue weighted by molar-refractivity contribution is 5.79. The van der Waals surface area contributed by atoms with Crippen molar-refractivity contribution in [2.45, 2.75) is 20.5 Å². The fourth-order valence-electron chi connectivity index (χ4n) is 1.48. The van der Waals surface area contributed by atoms with Crippen LogP contribution in [0.4, 0.5) is 4.39 Å². The van der Waals surface area contributed by atoms with Gasteiger partial charge in [0, 0.05) is 0 Å². The number of benzene rings is 1. The Morgan fingerprint density at radius 1 is 1.44 bits per heavy atom. The van der Waals surface area contributed by atoms with Gasteiger partial charge in [-0.25, -0.2) is 9.37 Å². The third kappa shape index (κ3) is 2.56. The van der Waals surface area contributed by atoms with Gasteiger partial charge in [-0.3, -0.25) is 4.79 Å². The summed E-state index contributed by atoms with van der Waals surface area (Å²) in [5, 5.41) is 0. The van der Waals surface area contributed by atoms with Crippen LogP contribution in [0.1, 0.15) is 27.7 Å². The van der Waals surface area contributed by atoms with Crippen LogP contribution >= 0.6 is 0 Å². The van der Waals surface area contributed by atoms with E-state index in [0.717, 1.165) is 17.5 Å². The maximum absolute atomic E-state index is 12.9. The van der Waals surface area contributed by atoms with Crippen molar-refractivity contribution in [3.63, 3.8) is 0 Å². The first kappa shape index (κ1) is 12.3. The molecule has 0 atom stereocenters. The molecule has 0 bridgehead atoms. The maximum Gasteiger partial charge on any atom is 0.232 e. The standard InChI is InChI=1S/C13H12FNO3/c1-8-9(2)18-13(15-8)7-17-12-4-3-11(14)5-10(12)6-16/h3-6H,7H2,1-2H3. The molecule has 4 nitrogen and oxygen atoms in total. The lowest BCUT2D eigenvalue weighted by atomic mass is 10.2. The summed E-state index contributed by atoms with van der Waals surface area (Å²) in [5.74, 6) is 0.974. The molecule has 0 saturated heterocycles. The van der Waals surface area contributed by atoms with Gasteiger partial charge in [0.2, 0.25) is 5.89 Å². The summed E-state index contributed by atoms with van der Waals surface area (Å²) in [4.78, 5) is 14.9. The molecule has 0 saturated carbocycles. The van der Waals surface area contributed by atoms with Crippen LogP contribution in [0.5, 0.6) is 5.75 Å². The number of halogens is 1. The zero-order valence-electron chi connectivity index (χ0n) is 10.1. The maximum atomic E-state index is 12.9. The van der Waals surface area contributed by atoms with Crippen molar-refractivity contribution in [3.05, 3.63) is 46.9 Å². The van der Waals surface area contributed by atoms with Crippen LogP contribution < -0.4 is 4.74 Å². The van der Waals surface area contributed by atoms with Gasteiger partial charge in [0.05, 0.1) is 11.3 Å². The number of aldehydes is 1. The molecule has 0 aliphatic rings. The summed E-state index contributed by atoms with van der Waals surface area (Å²) in [6.45, 7) is 3.73. The van der Waals surface area contributed by atoms with E-state index in [1.54, 1.807) is 6.92 Å². The van der Waals surface area contributed by atoms with Crippen LogP contribution in [0.25, 0.3) is 0 Å². The lowest BCUT2D eigenvalue weighted by Gasteiger charge is -2.05. The van der Waals surface area contributed by atoms with E-state index in [1.807, 2.05) is 6.92 Å². The number of aromatic nitrogens is 1. The van der Waals surface area contributed by atoms with E-state index < -0.39 is 5.82 Å². The van der Waals surface area contributed by atoms with Gasteiger partial charge in [0.1, 0.15) is 17.3 Å². The van der Waals surface area contributed by atoms with E-state index in [1.165, 1.54) is 12.1 Å². The molecule has 5 heteroatoms. The molecule has 94 valence electrons. The molecule has 0 aliphatic heterocycles. The fourth-order valence-corrected chi connectivity index (χ4v) is 1.48. The normalized spacial score (nSPS) is 10.4. The monoisotopic (exact) mass is 249 g/mol. The summed E-state index contributed by atoms with van der Waals surface area (Å²) >= 11 is 0. The molecule has 0 N–H and O–H groups in total. The number of carbonyl (C=O) groups excluding carboxylic acids is 1. The molecule has 1 aromatic carbocycles. The van der Waals surface area contributed by atoms with Crippen molar-refractivity contribution in [2.24, 2.45) is 0 Å². The summed E-state index contributed by atoms with van der Waals surface area (Å²) in [7, 11) is 0. The van der Waals surface area contributed by atoms with Gasteiger partial charge in [-0.15, -0.1) is 0 Å². The molecule has 0 aliphatic carbocycles. The summed E-state index contributed by atoms with van der Waals surface area (Å²) < 4.78 is 23.6. The van der Waals surface area contributed by atoms with Crippen LogP contribution in [-0.2, 0) is 6.61 Å². The minimum atomic E-state index is -0.479. The Labute approximate surface area is 103 Å². The van der Waals surface area contributed by atoms with Crippen molar-refractivity contribution in [1.82, 2.24) is 4.98 Å². The zero-order valence-corrected chi connectivity index (χ0v) is 10.1. The third-order valence-electron chi connectivity index (χ3n) is 2.52.